The number of amides is 2. The SMILES string of the molecule is CC(C)c1ccccc1OCC(=O)N(Cc1ccccc1Cl)[C@@H](Cc1ccccc1)C(=O)NC(C)(C)C. The van der Waals surface area contributed by atoms with Crippen LogP contribution in [0, 0.1) is 0 Å². The lowest BCUT2D eigenvalue weighted by atomic mass is 10.0. The number of halogens is 1. The van der Waals surface area contributed by atoms with Gasteiger partial charge in [0, 0.05) is 23.5 Å². The third-order valence-electron chi connectivity index (χ3n) is 5.96. The minimum atomic E-state index is -0.755. The predicted octanol–water partition coefficient (Wildman–Crippen LogP) is 6.40. The number of carbonyl (C=O) groups excluding carboxylic acids is 2. The molecule has 3 aromatic carbocycles. The summed E-state index contributed by atoms with van der Waals surface area (Å²) in [4.78, 5) is 29.0. The Morgan fingerprint density at radius 2 is 1.54 bits per heavy atom. The Hall–Kier alpha value is -3.31. The van der Waals surface area contributed by atoms with Gasteiger partial charge >= 0.3 is 0 Å². The van der Waals surface area contributed by atoms with E-state index in [9.17, 15) is 9.59 Å². The van der Waals surface area contributed by atoms with Gasteiger partial charge in [0.15, 0.2) is 6.61 Å². The molecule has 0 aliphatic carbocycles. The number of hydrogen-bond acceptors (Lipinski definition) is 3. The van der Waals surface area contributed by atoms with E-state index in [0.717, 1.165) is 16.7 Å². The van der Waals surface area contributed by atoms with Crippen LogP contribution in [0.5, 0.6) is 5.75 Å². The molecule has 0 bridgehead atoms. The molecule has 1 atom stereocenters. The molecule has 0 unspecified atom stereocenters. The summed E-state index contributed by atoms with van der Waals surface area (Å²) in [6.07, 6.45) is 0.363. The molecule has 196 valence electrons. The molecule has 3 aromatic rings. The summed E-state index contributed by atoms with van der Waals surface area (Å²) in [6.45, 7) is 9.94. The Kier molecular flexibility index (Phi) is 9.76. The molecule has 2 amide bonds. The van der Waals surface area contributed by atoms with Crippen LogP contribution in [0.3, 0.4) is 0 Å². The molecule has 1 N–H and O–H groups in total. The average molecular weight is 521 g/mol. The molecule has 0 saturated carbocycles. The van der Waals surface area contributed by atoms with Crippen LogP contribution in [-0.4, -0.2) is 34.9 Å². The summed E-state index contributed by atoms with van der Waals surface area (Å²) in [5.74, 6) is 0.402. The van der Waals surface area contributed by atoms with E-state index < -0.39 is 11.6 Å². The highest BCUT2D eigenvalue weighted by Crippen LogP contribution is 2.26. The maximum atomic E-state index is 13.8. The van der Waals surface area contributed by atoms with E-state index in [-0.39, 0.29) is 30.9 Å². The van der Waals surface area contributed by atoms with Crippen molar-refractivity contribution in [2.75, 3.05) is 6.61 Å². The molecule has 0 spiro atoms. The smallest absolute Gasteiger partial charge is 0.261 e. The van der Waals surface area contributed by atoms with Gasteiger partial charge in [-0.1, -0.05) is 92.2 Å². The molecule has 3 rings (SSSR count). The van der Waals surface area contributed by atoms with Crippen molar-refractivity contribution in [3.05, 3.63) is 101 Å². The Morgan fingerprint density at radius 1 is 0.919 bits per heavy atom. The molecule has 37 heavy (non-hydrogen) atoms. The highest BCUT2D eigenvalue weighted by molar-refractivity contribution is 6.31. The summed E-state index contributed by atoms with van der Waals surface area (Å²) < 4.78 is 6.03. The third-order valence-corrected chi connectivity index (χ3v) is 6.33. The number of rotatable bonds is 10. The Morgan fingerprint density at radius 3 is 2.19 bits per heavy atom. The number of carbonyl (C=O) groups is 2. The number of ether oxygens (including phenoxy) is 1. The Labute approximate surface area is 225 Å². The fourth-order valence-electron chi connectivity index (χ4n) is 4.13. The van der Waals surface area contributed by atoms with E-state index in [1.165, 1.54) is 0 Å². The summed E-state index contributed by atoms with van der Waals surface area (Å²) in [5, 5.41) is 3.61. The molecule has 0 radical (unpaired) electrons. The number of para-hydroxylation sites is 1. The summed E-state index contributed by atoms with van der Waals surface area (Å²) in [5.41, 5.74) is 2.29. The lowest BCUT2D eigenvalue weighted by molar-refractivity contribution is -0.143. The van der Waals surface area contributed by atoms with E-state index in [1.54, 1.807) is 11.0 Å². The van der Waals surface area contributed by atoms with Crippen LogP contribution in [0.1, 0.15) is 57.2 Å². The second kappa shape index (κ2) is 12.8. The first-order chi connectivity index (χ1) is 17.5. The zero-order chi connectivity index (χ0) is 27.0. The van der Waals surface area contributed by atoms with Crippen molar-refractivity contribution in [2.24, 2.45) is 0 Å². The van der Waals surface area contributed by atoms with E-state index in [0.29, 0.717) is 17.2 Å². The van der Waals surface area contributed by atoms with Crippen molar-refractivity contribution in [1.29, 1.82) is 0 Å². The summed E-state index contributed by atoms with van der Waals surface area (Å²) in [6, 6.07) is 24.1. The minimum absolute atomic E-state index is 0.183. The standard InChI is InChI=1S/C31H37ClN2O3/c1-22(2)25-16-10-12-18-28(25)37-21-29(35)34(20-24-15-9-11-17-26(24)32)27(30(36)33-31(3,4)5)19-23-13-7-6-8-14-23/h6-18,22,27H,19-21H2,1-5H3,(H,33,36)/t27-/m0/s1. The molecule has 0 saturated heterocycles. The van der Waals surface area contributed by atoms with Crippen LogP contribution < -0.4 is 10.1 Å². The van der Waals surface area contributed by atoms with Crippen molar-refractivity contribution in [3.63, 3.8) is 0 Å². The molecular weight excluding hydrogens is 484 g/mol. The van der Waals surface area contributed by atoms with Crippen molar-refractivity contribution in [2.45, 2.75) is 65.1 Å². The van der Waals surface area contributed by atoms with Gasteiger partial charge in [0.2, 0.25) is 5.91 Å². The zero-order valence-corrected chi connectivity index (χ0v) is 23.1. The van der Waals surface area contributed by atoms with Crippen LogP contribution in [0.2, 0.25) is 5.02 Å². The first kappa shape index (κ1) is 28.3. The highest BCUT2D eigenvalue weighted by atomic mass is 35.5. The normalized spacial score (nSPS) is 12.2. The monoisotopic (exact) mass is 520 g/mol. The topological polar surface area (TPSA) is 58.6 Å². The van der Waals surface area contributed by atoms with Crippen LogP contribution >= 0.6 is 11.6 Å². The zero-order valence-electron chi connectivity index (χ0n) is 22.3. The van der Waals surface area contributed by atoms with E-state index in [4.69, 9.17) is 16.3 Å². The molecule has 0 fully saturated rings. The second-order valence-electron chi connectivity index (χ2n) is 10.5. The molecule has 0 heterocycles. The number of nitrogens with zero attached hydrogens (tertiary/aromatic N) is 1. The van der Waals surface area contributed by atoms with Gasteiger partial charge < -0.3 is 15.0 Å². The molecule has 0 aliphatic rings. The van der Waals surface area contributed by atoms with Crippen LogP contribution in [0.25, 0.3) is 0 Å². The first-order valence-electron chi connectivity index (χ1n) is 12.7. The van der Waals surface area contributed by atoms with Gasteiger partial charge in [-0.05, 0) is 55.5 Å². The fourth-order valence-corrected chi connectivity index (χ4v) is 4.32. The fraction of sp³-hybridized carbons (Fsp3) is 0.355. The van der Waals surface area contributed by atoms with E-state index in [2.05, 4.69) is 19.2 Å². The minimum Gasteiger partial charge on any atom is -0.483 e. The van der Waals surface area contributed by atoms with Gasteiger partial charge in [-0.25, -0.2) is 0 Å². The van der Waals surface area contributed by atoms with Gasteiger partial charge in [-0.3, -0.25) is 9.59 Å². The number of nitrogens with one attached hydrogen (secondary N) is 1. The Bertz CT molecular complexity index is 1190. The maximum Gasteiger partial charge on any atom is 0.261 e. The van der Waals surface area contributed by atoms with Crippen LogP contribution in [-0.2, 0) is 22.6 Å². The third kappa shape index (κ3) is 8.36. The molecule has 0 aliphatic heterocycles. The lowest BCUT2D eigenvalue weighted by Gasteiger charge is -2.34. The van der Waals surface area contributed by atoms with Crippen molar-refractivity contribution in [3.8, 4) is 5.75 Å². The predicted molar refractivity (Wildman–Crippen MR) is 150 cm³/mol. The highest BCUT2D eigenvalue weighted by Gasteiger charge is 2.33. The molecule has 0 aromatic heterocycles. The van der Waals surface area contributed by atoms with Gasteiger partial charge in [0.1, 0.15) is 11.8 Å². The second-order valence-corrected chi connectivity index (χ2v) is 10.9. The van der Waals surface area contributed by atoms with Gasteiger partial charge in [-0.15, -0.1) is 0 Å². The van der Waals surface area contributed by atoms with Crippen LogP contribution in [0.15, 0.2) is 78.9 Å². The van der Waals surface area contributed by atoms with Gasteiger partial charge in [0.25, 0.3) is 5.91 Å². The van der Waals surface area contributed by atoms with Crippen molar-refractivity contribution < 1.29 is 14.3 Å². The summed E-state index contributed by atoms with van der Waals surface area (Å²) in [7, 11) is 0. The van der Waals surface area contributed by atoms with Gasteiger partial charge in [0.05, 0.1) is 0 Å². The number of hydrogen-bond donors (Lipinski definition) is 1. The molecule has 6 heteroatoms. The maximum absolute atomic E-state index is 13.8. The molecular formula is C31H37ClN2O3. The quantitative estimate of drug-likeness (QED) is 0.336. The summed E-state index contributed by atoms with van der Waals surface area (Å²) >= 11 is 6.48. The number of benzene rings is 3. The largest absolute Gasteiger partial charge is 0.483 e. The van der Waals surface area contributed by atoms with E-state index in [1.807, 2.05) is 93.6 Å². The van der Waals surface area contributed by atoms with E-state index >= 15 is 0 Å². The lowest BCUT2D eigenvalue weighted by Crippen LogP contribution is -2.55. The van der Waals surface area contributed by atoms with Gasteiger partial charge in [-0.2, -0.15) is 0 Å². The van der Waals surface area contributed by atoms with Crippen LogP contribution in [0.4, 0.5) is 0 Å². The first-order valence-corrected chi connectivity index (χ1v) is 13.0. The Balaban J connectivity index is 1.96. The molecule has 5 nitrogen and oxygen atoms in total. The van der Waals surface area contributed by atoms with Crippen molar-refractivity contribution >= 4 is 23.4 Å². The van der Waals surface area contributed by atoms with Crippen molar-refractivity contribution in [1.82, 2.24) is 10.2 Å². The average Bonchev–Trinajstić information content (AvgIpc) is 2.85.